The second kappa shape index (κ2) is 7.98. The summed E-state index contributed by atoms with van der Waals surface area (Å²) in [6.07, 6.45) is 4.26. The number of aliphatic hydroxyl groups is 1. The van der Waals surface area contributed by atoms with Gasteiger partial charge in [-0.1, -0.05) is 43.7 Å². The van der Waals surface area contributed by atoms with E-state index in [1.54, 1.807) is 0 Å². The Morgan fingerprint density at radius 3 is 2.52 bits per heavy atom. The van der Waals surface area contributed by atoms with Gasteiger partial charge in [-0.15, -0.1) is 6.58 Å². The monoisotopic (exact) mass is 335 g/mol. The molecule has 1 saturated heterocycles. The van der Waals surface area contributed by atoms with Crippen LogP contribution in [0.3, 0.4) is 0 Å². The highest BCUT2D eigenvalue weighted by Gasteiger charge is 2.40. The molecule has 0 aliphatic carbocycles. The molecule has 2 rings (SSSR count). The highest BCUT2D eigenvalue weighted by molar-refractivity contribution is 6.30. The zero-order valence-corrected chi connectivity index (χ0v) is 14.7. The van der Waals surface area contributed by atoms with Crippen LogP contribution in [0.25, 0.3) is 0 Å². The number of hydrogen-bond acceptors (Lipinski definition) is 2. The van der Waals surface area contributed by atoms with E-state index in [4.69, 9.17) is 11.6 Å². The number of allylic oxidation sites excluding steroid dienone is 1. The number of piperidine rings is 1. The van der Waals surface area contributed by atoms with Crippen molar-refractivity contribution < 1.29 is 9.90 Å². The van der Waals surface area contributed by atoms with Gasteiger partial charge in [0.25, 0.3) is 0 Å². The third-order valence-electron chi connectivity index (χ3n) is 4.75. The minimum absolute atomic E-state index is 0.000354. The first-order valence-electron chi connectivity index (χ1n) is 8.29. The van der Waals surface area contributed by atoms with Crippen molar-refractivity contribution in [3.63, 3.8) is 0 Å². The molecule has 23 heavy (non-hydrogen) atoms. The number of amides is 1. The van der Waals surface area contributed by atoms with Crippen LogP contribution in [0.4, 0.5) is 0 Å². The van der Waals surface area contributed by atoms with Gasteiger partial charge in [0.1, 0.15) is 0 Å². The smallest absolute Gasteiger partial charge is 0.226 e. The molecular formula is C19H26ClNO2. The molecule has 3 nitrogen and oxygen atoms in total. The lowest BCUT2D eigenvalue weighted by Crippen LogP contribution is -2.52. The van der Waals surface area contributed by atoms with Crippen LogP contribution < -0.4 is 0 Å². The normalized spacial score (nSPS) is 23.2. The van der Waals surface area contributed by atoms with Gasteiger partial charge in [0.05, 0.1) is 18.7 Å². The molecule has 4 heteroatoms. The predicted molar refractivity (Wildman–Crippen MR) is 94.3 cm³/mol. The summed E-state index contributed by atoms with van der Waals surface area (Å²) in [7, 11) is 0. The molecular weight excluding hydrogens is 310 g/mol. The van der Waals surface area contributed by atoms with Crippen LogP contribution in [0.1, 0.15) is 44.7 Å². The Labute approximate surface area is 143 Å². The van der Waals surface area contributed by atoms with Crippen LogP contribution in [-0.2, 0) is 4.79 Å². The summed E-state index contributed by atoms with van der Waals surface area (Å²) in [5.41, 5.74) is 1.08. The van der Waals surface area contributed by atoms with Crippen LogP contribution in [-0.4, -0.2) is 28.6 Å². The fourth-order valence-electron chi connectivity index (χ4n) is 3.43. The minimum Gasteiger partial charge on any atom is -0.394 e. The molecule has 0 radical (unpaired) electrons. The van der Waals surface area contributed by atoms with E-state index in [-0.39, 0.29) is 36.4 Å². The Hall–Kier alpha value is -1.32. The van der Waals surface area contributed by atoms with Crippen LogP contribution in [0.5, 0.6) is 0 Å². The molecule has 3 unspecified atom stereocenters. The Morgan fingerprint density at radius 2 is 2.00 bits per heavy atom. The predicted octanol–water partition coefficient (Wildman–Crippen LogP) is 4.21. The summed E-state index contributed by atoms with van der Waals surface area (Å²) >= 11 is 5.99. The summed E-state index contributed by atoms with van der Waals surface area (Å²) in [4.78, 5) is 14.9. The molecule has 0 spiro atoms. The van der Waals surface area contributed by atoms with Crippen molar-refractivity contribution in [3.8, 4) is 0 Å². The van der Waals surface area contributed by atoms with E-state index in [9.17, 15) is 9.90 Å². The van der Waals surface area contributed by atoms with Crippen molar-refractivity contribution in [1.82, 2.24) is 4.90 Å². The lowest BCUT2D eigenvalue weighted by molar-refractivity contribution is -0.148. The quantitative estimate of drug-likeness (QED) is 0.791. The van der Waals surface area contributed by atoms with Gasteiger partial charge in [-0.25, -0.2) is 0 Å². The van der Waals surface area contributed by atoms with Gasteiger partial charge in [-0.3, -0.25) is 4.79 Å². The molecule has 1 aromatic rings. The van der Waals surface area contributed by atoms with E-state index in [0.717, 1.165) is 18.4 Å². The lowest BCUT2D eigenvalue weighted by atomic mass is 9.84. The van der Waals surface area contributed by atoms with Gasteiger partial charge in [0.15, 0.2) is 0 Å². The molecule has 1 aliphatic heterocycles. The van der Waals surface area contributed by atoms with Crippen molar-refractivity contribution in [2.24, 2.45) is 11.8 Å². The fourth-order valence-corrected chi connectivity index (χ4v) is 3.56. The first-order valence-corrected chi connectivity index (χ1v) is 8.66. The number of halogens is 1. The maximum atomic E-state index is 13.0. The summed E-state index contributed by atoms with van der Waals surface area (Å²) in [6, 6.07) is 7.51. The number of hydrogen-bond donors (Lipinski definition) is 1. The maximum absolute atomic E-state index is 13.0. The molecule has 0 aromatic heterocycles. The number of carbonyl (C=O) groups is 1. The maximum Gasteiger partial charge on any atom is 0.226 e. The zero-order chi connectivity index (χ0) is 17.0. The molecule has 1 aromatic carbocycles. The first kappa shape index (κ1) is 18.0. The van der Waals surface area contributed by atoms with E-state index in [1.165, 1.54) is 0 Å². The first-order chi connectivity index (χ1) is 11.0. The van der Waals surface area contributed by atoms with Gasteiger partial charge >= 0.3 is 0 Å². The van der Waals surface area contributed by atoms with Crippen LogP contribution in [0, 0.1) is 11.8 Å². The van der Waals surface area contributed by atoms with Crippen molar-refractivity contribution in [2.75, 3.05) is 6.61 Å². The summed E-state index contributed by atoms with van der Waals surface area (Å²) < 4.78 is 0. The van der Waals surface area contributed by atoms with E-state index in [2.05, 4.69) is 6.58 Å². The van der Waals surface area contributed by atoms with Crippen LogP contribution >= 0.6 is 11.6 Å². The third kappa shape index (κ3) is 3.96. The van der Waals surface area contributed by atoms with E-state index in [1.807, 2.05) is 49.1 Å². The number of aliphatic hydroxyl groups excluding tert-OH is 1. The summed E-state index contributed by atoms with van der Waals surface area (Å²) in [6.45, 7) is 7.84. The fraction of sp³-hybridized carbons (Fsp3) is 0.526. The largest absolute Gasteiger partial charge is 0.394 e. The third-order valence-corrected chi connectivity index (χ3v) is 5.00. The molecule has 1 heterocycles. The highest BCUT2D eigenvalue weighted by Crippen LogP contribution is 2.38. The van der Waals surface area contributed by atoms with E-state index in [0.29, 0.717) is 11.4 Å². The van der Waals surface area contributed by atoms with E-state index < -0.39 is 0 Å². The van der Waals surface area contributed by atoms with E-state index >= 15 is 0 Å². The van der Waals surface area contributed by atoms with Crippen molar-refractivity contribution in [1.29, 1.82) is 0 Å². The second-order valence-electron chi connectivity index (χ2n) is 6.61. The number of benzene rings is 1. The van der Waals surface area contributed by atoms with Crippen molar-refractivity contribution >= 4 is 17.5 Å². The van der Waals surface area contributed by atoms with Crippen LogP contribution in [0.15, 0.2) is 36.9 Å². The standard InChI is InChI=1S/C19H26ClNO2/c1-4-5-15-8-11-17(14-6-9-16(20)10-7-14)21(19(15)23)18(12-22)13(2)3/h4,6-7,9-10,13,15,17-18,22H,1,5,8,11-12H2,2-3H3. The molecule has 3 atom stereocenters. The topological polar surface area (TPSA) is 40.5 Å². The van der Waals surface area contributed by atoms with Gasteiger partial charge in [-0.05, 0) is 42.9 Å². The molecule has 1 aliphatic rings. The van der Waals surface area contributed by atoms with Gasteiger partial charge in [0, 0.05) is 10.9 Å². The zero-order valence-electron chi connectivity index (χ0n) is 13.9. The average molecular weight is 336 g/mol. The minimum atomic E-state index is -0.171. The Balaban J connectivity index is 2.36. The molecule has 1 N–H and O–H groups in total. The molecule has 0 saturated carbocycles. The Bertz CT molecular complexity index is 541. The number of likely N-dealkylation sites (tertiary alicyclic amines) is 1. The number of carbonyl (C=O) groups excluding carboxylic acids is 1. The SMILES string of the molecule is C=CCC1CCC(c2ccc(Cl)cc2)N(C(CO)C(C)C)C1=O. The van der Waals surface area contributed by atoms with Crippen molar-refractivity contribution in [2.45, 2.75) is 45.2 Å². The molecule has 0 bridgehead atoms. The number of rotatable bonds is 6. The Kier molecular flexibility index (Phi) is 6.25. The molecule has 126 valence electrons. The summed E-state index contributed by atoms with van der Waals surface area (Å²) in [5.74, 6) is 0.300. The molecule has 1 amide bonds. The second-order valence-corrected chi connectivity index (χ2v) is 7.04. The van der Waals surface area contributed by atoms with Crippen molar-refractivity contribution in [3.05, 3.63) is 47.5 Å². The Morgan fingerprint density at radius 1 is 1.35 bits per heavy atom. The lowest BCUT2D eigenvalue weighted by Gasteiger charge is -2.45. The van der Waals surface area contributed by atoms with Gasteiger partial charge in [-0.2, -0.15) is 0 Å². The molecule has 1 fully saturated rings. The number of nitrogens with zero attached hydrogens (tertiary/aromatic N) is 1. The highest BCUT2D eigenvalue weighted by atomic mass is 35.5. The van der Waals surface area contributed by atoms with Gasteiger partial charge in [0.2, 0.25) is 5.91 Å². The average Bonchev–Trinajstić information content (AvgIpc) is 2.52. The summed E-state index contributed by atoms with van der Waals surface area (Å²) in [5, 5.41) is 10.5. The van der Waals surface area contributed by atoms with Gasteiger partial charge < -0.3 is 10.0 Å². The van der Waals surface area contributed by atoms with Crippen LogP contribution in [0.2, 0.25) is 5.02 Å².